The second-order valence-corrected chi connectivity index (χ2v) is 26.6. The number of quaternary nitrogens is 1. The van der Waals surface area contributed by atoms with E-state index in [9.17, 15) is 19.0 Å². The van der Waals surface area contributed by atoms with Gasteiger partial charge in [0.15, 0.2) is 6.10 Å². The Hall–Kier alpha value is -2.55. The van der Waals surface area contributed by atoms with Gasteiger partial charge in [0.2, 0.25) is 0 Å². The van der Waals surface area contributed by atoms with Crippen molar-refractivity contribution in [3.05, 3.63) is 72.9 Å². The summed E-state index contributed by atoms with van der Waals surface area (Å²) < 4.78 is 34.3. The van der Waals surface area contributed by atoms with E-state index >= 15 is 0 Å². The standard InChI is InChI=1S/C74H136NO8P/c1-6-8-10-12-14-16-18-20-22-24-26-28-30-32-34-35-36-37-38-39-41-43-45-47-49-51-53-55-57-59-61-63-65-67-74(77)83-72(71-82-84(78,79)81-69-68-75(3,4)5)70-80-73(76)66-64-62-60-58-56-54-52-50-48-46-44-42-40-33-31-29-27-25-23-21-19-17-15-13-11-9-7-2/h8,10,14,16,19-22,25-28,72H,6-7,9,11-13,15,17-18,23-24,29-71H2,1-5H3/b10-8-,16-14-,21-19-,22-20-,27-25-,28-26-. The smallest absolute Gasteiger partial charge is 0.306 e. The summed E-state index contributed by atoms with van der Waals surface area (Å²) in [4.78, 5) is 38.1. The van der Waals surface area contributed by atoms with Crippen molar-refractivity contribution in [3.63, 3.8) is 0 Å². The second-order valence-electron chi connectivity index (χ2n) is 25.2. The number of rotatable bonds is 66. The van der Waals surface area contributed by atoms with Gasteiger partial charge in [-0.2, -0.15) is 0 Å². The molecule has 2 atom stereocenters. The predicted octanol–water partition coefficient (Wildman–Crippen LogP) is 22.5. The molecule has 9 nitrogen and oxygen atoms in total. The van der Waals surface area contributed by atoms with Gasteiger partial charge in [-0.25, -0.2) is 0 Å². The Morgan fingerprint density at radius 3 is 1.01 bits per heavy atom. The van der Waals surface area contributed by atoms with Crippen LogP contribution in [0.5, 0.6) is 0 Å². The molecule has 0 bridgehead atoms. The van der Waals surface area contributed by atoms with Gasteiger partial charge in [0.05, 0.1) is 27.7 Å². The van der Waals surface area contributed by atoms with E-state index < -0.39 is 26.5 Å². The molecule has 490 valence electrons. The number of hydrogen-bond donors (Lipinski definition) is 0. The summed E-state index contributed by atoms with van der Waals surface area (Å²) in [6.45, 7) is 4.17. The first-order valence-corrected chi connectivity index (χ1v) is 37.1. The summed E-state index contributed by atoms with van der Waals surface area (Å²) in [6.07, 6.45) is 87.0. The van der Waals surface area contributed by atoms with Gasteiger partial charge in [-0.1, -0.05) is 311 Å². The van der Waals surface area contributed by atoms with E-state index in [4.69, 9.17) is 18.5 Å². The Labute approximate surface area is 520 Å². The van der Waals surface area contributed by atoms with Crippen LogP contribution in [0.15, 0.2) is 72.9 Å². The van der Waals surface area contributed by atoms with Crippen molar-refractivity contribution in [2.75, 3.05) is 47.5 Å². The molecule has 0 radical (unpaired) electrons. The van der Waals surface area contributed by atoms with Crippen molar-refractivity contribution in [2.24, 2.45) is 0 Å². The molecule has 0 aromatic rings. The molecule has 0 fully saturated rings. The first kappa shape index (κ1) is 81.5. The van der Waals surface area contributed by atoms with Gasteiger partial charge in [-0.3, -0.25) is 14.2 Å². The van der Waals surface area contributed by atoms with Gasteiger partial charge < -0.3 is 27.9 Å². The van der Waals surface area contributed by atoms with Crippen LogP contribution in [0.4, 0.5) is 0 Å². The summed E-state index contributed by atoms with van der Waals surface area (Å²) in [5, 5.41) is 0. The summed E-state index contributed by atoms with van der Waals surface area (Å²) in [5.74, 6) is -0.818. The molecule has 0 amide bonds. The zero-order chi connectivity index (χ0) is 61.2. The molecule has 0 saturated heterocycles. The number of hydrogen-bond acceptors (Lipinski definition) is 8. The minimum atomic E-state index is -4.64. The van der Waals surface area contributed by atoms with Crippen LogP contribution < -0.4 is 4.89 Å². The summed E-state index contributed by atoms with van der Waals surface area (Å²) in [6, 6.07) is 0. The molecule has 0 aliphatic carbocycles. The predicted molar refractivity (Wildman–Crippen MR) is 360 cm³/mol. The van der Waals surface area contributed by atoms with Crippen LogP contribution in [0.3, 0.4) is 0 Å². The fourth-order valence-corrected chi connectivity index (χ4v) is 11.0. The number of nitrogens with zero attached hydrogens (tertiary/aromatic N) is 1. The maximum absolute atomic E-state index is 12.9. The molecule has 84 heavy (non-hydrogen) atoms. The molecule has 0 spiro atoms. The highest BCUT2D eigenvalue weighted by atomic mass is 31.2. The molecule has 0 saturated carbocycles. The fourth-order valence-electron chi connectivity index (χ4n) is 10.3. The largest absolute Gasteiger partial charge is 0.756 e. The number of ether oxygens (including phenoxy) is 2. The number of carbonyl (C=O) groups excluding carboxylic acids is 2. The van der Waals surface area contributed by atoms with Crippen LogP contribution in [0, 0.1) is 0 Å². The van der Waals surface area contributed by atoms with Crippen molar-refractivity contribution in [3.8, 4) is 0 Å². The van der Waals surface area contributed by atoms with Crippen LogP contribution in [0.1, 0.15) is 335 Å². The highest BCUT2D eigenvalue weighted by Crippen LogP contribution is 2.38. The normalized spacial score (nSPS) is 13.5. The number of phosphoric acid groups is 1. The fraction of sp³-hybridized carbons (Fsp3) is 0.811. The van der Waals surface area contributed by atoms with Crippen molar-refractivity contribution >= 4 is 19.8 Å². The number of phosphoric ester groups is 1. The average molecular weight is 1200 g/mol. The highest BCUT2D eigenvalue weighted by Gasteiger charge is 2.22. The topological polar surface area (TPSA) is 111 Å². The number of unbranched alkanes of at least 4 members (excludes halogenated alkanes) is 40. The van der Waals surface area contributed by atoms with Crippen molar-refractivity contribution in [2.45, 2.75) is 341 Å². The van der Waals surface area contributed by atoms with Crippen LogP contribution >= 0.6 is 7.82 Å². The van der Waals surface area contributed by atoms with Gasteiger partial charge in [0.1, 0.15) is 19.8 Å². The van der Waals surface area contributed by atoms with Crippen LogP contribution in [0.2, 0.25) is 0 Å². The number of carbonyl (C=O) groups is 2. The quantitative estimate of drug-likeness (QED) is 0.0195. The van der Waals surface area contributed by atoms with Gasteiger partial charge in [-0.05, 0) is 83.5 Å². The first-order valence-electron chi connectivity index (χ1n) is 35.6. The Morgan fingerprint density at radius 2 is 0.679 bits per heavy atom. The Kier molecular flexibility index (Phi) is 62.9. The van der Waals surface area contributed by atoms with E-state index in [0.29, 0.717) is 17.4 Å². The zero-order valence-corrected chi connectivity index (χ0v) is 56.7. The number of likely N-dealkylation sites (N-methyl/N-ethyl adjacent to an activating group) is 1. The number of esters is 2. The van der Waals surface area contributed by atoms with Crippen LogP contribution in [0.25, 0.3) is 0 Å². The van der Waals surface area contributed by atoms with E-state index in [1.54, 1.807) is 0 Å². The molecule has 2 unspecified atom stereocenters. The summed E-state index contributed by atoms with van der Waals surface area (Å²) in [5.41, 5.74) is 0. The van der Waals surface area contributed by atoms with E-state index in [1.165, 1.54) is 231 Å². The van der Waals surface area contributed by atoms with Crippen molar-refractivity contribution in [1.82, 2.24) is 0 Å². The van der Waals surface area contributed by atoms with Gasteiger partial charge >= 0.3 is 11.9 Å². The molecule has 0 aliphatic heterocycles. The molecule has 0 aliphatic rings. The van der Waals surface area contributed by atoms with E-state index in [2.05, 4.69) is 86.8 Å². The minimum absolute atomic E-state index is 0.0303. The lowest BCUT2D eigenvalue weighted by molar-refractivity contribution is -0.870. The van der Waals surface area contributed by atoms with E-state index in [0.717, 1.165) is 70.6 Å². The first-order chi connectivity index (χ1) is 41.0. The monoisotopic (exact) mass is 1200 g/mol. The molecular formula is C74H136NO8P. The minimum Gasteiger partial charge on any atom is -0.756 e. The lowest BCUT2D eigenvalue weighted by Crippen LogP contribution is -2.37. The molecule has 0 N–H and O–H groups in total. The molecule has 0 aromatic heterocycles. The van der Waals surface area contributed by atoms with E-state index in [1.807, 2.05) is 21.1 Å². The molecular weight excluding hydrogens is 1060 g/mol. The zero-order valence-electron chi connectivity index (χ0n) is 55.8. The third-order valence-corrected chi connectivity index (χ3v) is 16.7. The second kappa shape index (κ2) is 64.9. The lowest BCUT2D eigenvalue weighted by Gasteiger charge is -2.28. The van der Waals surface area contributed by atoms with Crippen molar-refractivity contribution in [1.29, 1.82) is 0 Å². The Bertz CT molecular complexity index is 1650. The Balaban J connectivity index is 4.00. The maximum atomic E-state index is 12.9. The van der Waals surface area contributed by atoms with Crippen LogP contribution in [-0.4, -0.2) is 70.0 Å². The van der Waals surface area contributed by atoms with Gasteiger partial charge in [-0.15, -0.1) is 0 Å². The van der Waals surface area contributed by atoms with Crippen LogP contribution in [-0.2, 0) is 32.7 Å². The lowest BCUT2D eigenvalue weighted by atomic mass is 10.0. The van der Waals surface area contributed by atoms with Crippen molar-refractivity contribution < 1.29 is 42.1 Å². The SMILES string of the molecule is CC/C=C\C/C=C\C/C=C\C/C=C\CCCCCCCCCCCCCCCCCCCCCCC(=O)OC(COC(=O)CCCCCCCCCCCCCCCCC/C=C\C/C=C\CCCCCCC)COP(=O)([O-])OCC[N+](C)(C)C. The molecule has 0 rings (SSSR count). The average Bonchev–Trinajstić information content (AvgIpc) is 3.61. The third kappa shape index (κ3) is 68.6. The van der Waals surface area contributed by atoms with Gasteiger partial charge in [0.25, 0.3) is 7.82 Å². The molecule has 10 heteroatoms. The van der Waals surface area contributed by atoms with E-state index in [-0.39, 0.29) is 32.0 Å². The number of allylic oxidation sites excluding steroid dienone is 12. The molecule has 0 aromatic carbocycles. The third-order valence-electron chi connectivity index (χ3n) is 15.7. The maximum Gasteiger partial charge on any atom is 0.306 e. The molecule has 0 heterocycles. The van der Waals surface area contributed by atoms with Gasteiger partial charge in [0, 0.05) is 12.8 Å². The highest BCUT2D eigenvalue weighted by molar-refractivity contribution is 7.45. The Morgan fingerprint density at radius 1 is 0.381 bits per heavy atom. The summed E-state index contributed by atoms with van der Waals surface area (Å²) >= 11 is 0. The summed E-state index contributed by atoms with van der Waals surface area (Å²) in [7, 11) is 1.18.